The standard InChI is InChI=1S/C15H20N2O2.ClH/c1-10(11(2)16)15(18)17(3)9-13-8-12-6-4-5-7-14(12)19-13;/h4-8,10-11H,9,16H2,1-3H3;1H. The largest absolute Gasteiger partial charge is 0.459 e. The molecule has 4 nitrogen and oxygen atoms in total. The van der Waals surface area contributed by atoms with Crippen molar-refractivity contribution in [2.45, 2.75) is 26.4 Å². The smallest absolute Gasteiger partial charge is 0.227 e. The van der Waals surface area contributed by atoms with Gasteiger partial charge in [0.05, 0.1) is 12.5 Å². The predicted octanol–water partition coefficient (Wildman–Crippen LogP) is 2.80. The average Bonchev–Trinajstić information content (AvgIpc) is 2.78. The van der Waals surface area contributed by atoms with E-state index in [0.29, 0.717) is 6.54 Å². The van der Waals surface area contributed by atoms with Gasteiger partial charge >= 0.3 is 0 Å². The molecule has 0 aliphatic heterocycles. The zero-order valence-corrected chi connectivity index (χ0v) is 12.8. The van der Waals surface area contributed by atoms with E-state index in [9.17, 15) is 4.79 Å². The highest BCUT2D eigenvalue weighted by molar-refractivity contribution is 5.85. The third kappa shape index (κ3) is 3.52. The molecule has 0 saturated carbocycles. The van der Waals surface area contributed by atoms with Crippen LogP contribution in [0.5, 0.6) is 0 Å². The molecule has 20 heavy (non-hydrogen) atoms. The summed E-state index contributed by atoms with van der Waals surface area (Å²) in [6.07, 6.45) is 0. The van der Waals surface area contributed by atoms with Crippen molar-refractivity contribution in [3.05, 3.63) is 36.1 Å². The van der Waals surface area contributed by atoms with Crippen LogP contribution in [-0.2, 0) is 11.3 Å². The van der Waals surface area contributed by atoms with Gasteiger partial charge in [0.25, 0.3) is 0 Å². The lowest BCUT2D eigenvalue weighted by molar-refractivity contribution is -0.134. The molecule has 2 aromatic rings. The number of halogens is 1. The van der Waals surface area contributed by atoms with Gasteiger partial charge in [0.1, 0.15) is 11.3 Å². The third-order valence-corrected chi connectivity index (χ3v) is 3.42. The molecule has 1 aromatic heterocycles. The van der Waals surface area contributed by atoms with Crippen molar-refractivity contribution >= 4 is 29.3 Å². The van der Waals surface area contributed by atoms with Crippen LogP contribution in [-0.4, -0.2) is 23.9 Å². The SMILES string of the molecule is CC(N)C(C)C(=O)N(C)Cc1cc2ccccc2o1.Cl. The number of nitrogens with zero attached hydrogens (tertiary/aromatic N) is 1. The number of para-hydroxylation sites is 1. The minimum atomic E-state index is -0.186. The molecule has 0 aliphatic carbocycles. The summed E-state index contributed by atoms with van der Waals surface area (Å²) in [7, 11) is 1.77. The Balaban J connectivity index is 0.00000200. The second kappa shape index (κ2) is 6.77. The fourth-order valence-electron chi connectivity index (χ4n) is 2.00. The number of hydrogen-bond acceptors (Lipinski definition) is 3. The van der Waals surface area contributed by atoms with E-state index in [0.717, 1.165) is 16.7 Å². The first-order chi connectivity index (χ1) is 8.99. The fraction of sp³-hybridized carbons (Fsp3) is 0.400. The van der Waals surface area contributed by atoms with Crippen molar-refractivity contribution in [2.75, 3.05) is 7.05 Å². The molecule has 5 heteroatoms. The first-order valence-electron chi connectivity index (χ1n) is 6.47. The number of carbonyl (C=O) groups is 1. The average molecular weight is 297 g/mol. The molecule has 0 spiro atoms. The maximum atomic E-state index is 12.1. The summed E-state index contributed by atoms with van der Waals surface area (Å²) in [6, 6.07) is 9.64. The van der Waals surface area contributed by atoms with Gasteiger partial charge in [0.15, 0.2) is 0 Å². The summed E-state index contributed by atoms with van der Waals surface area (Å²) in [5, 5.41) is 1.05. The number of rotatable bonds is 4. The molecular formula is C15H21ClN2O2. The number of carbonyl (C=O) groups excluding carboxylic acids is 1. The Bertz CT molecular complexity index is 547. The van der Waals surface area contributed by atoms with Crippen LogP contribution in [0.1, 0.15) is 19.6 Å². The van der Waals surface area contributed by atoms with Crippen molar-refractivity contribution in [1.29, 1.82) is 0 Å². The molecule has 1 heterocycles. The quantitative estimate of drug-likeness (QED) is 0.944. The molecule has 0 fully saturated rings. The molecule has 0 bridgehead atoms. The summed E-state index contributed by atoms with van der Waals surface area (Å²) < 4.78 is 5.70. The van der Waals surface area contributed by atoms with Crippen LogP contribution >= 0.6 is 12.4 Å². The summed E-state index contributed by atoms with van der Waals surface area (Å²) in [4.78, 5) is 13.8. The van der Waals surface area contributed by atoms with E-state index in [-0.39, 0.29) is 30.3 Å². The van der Waals surface area contributed by atoms with E-state index in [1.807, 2.05) is 44.2 Å². The molecular weight excluding hydrogens is 276 g/mol. The van der Waals surface area contributed by atoms with E-state index in [4.69, 9.17) is 10.2 Å². The van der Waals surface area contributed by atoms with Gasteiger partial charge in [-0.3, -0.25) is 4.79 Å². The Morgan fingerprint density at radius 1 is 1.35 bits per heavy atom. The molecule has 110 valence electrons. The van der Waals surface area contributed by atoms with Crippen molar-refractivity contribution in [1.82, 2.24) is 4.90 Å². The zero-order chi connectivity index (χ0) is 14.0. The highest BCUT2D eigenvalue weighted by Gasteiger charge is 2.21. The molecule has 2 atom stereocenters. The van der Waals surface area contributed by atoms with Crippen LogP contribution in [0.15, 0.2) is 34.7 Å². The highest BCUT2D eigenvalue weighted by Crippen LogP contribution is 2.20. The Kier molecular flexibility index (Phi) is 5.60. The topological polar surface area (TPSA) is 59.5 Å². The van der Waals surface area contributed by atoms with Crippen LogP contribution in [0.2, 0.25) is 0 Å². The van der Waals surface area contributed by atoms with Crippen LogP contribution in [0.3, 0.4) is 0 Å². The van der Waals surface area contributed by atoms with Crippen LogP contribution in [0.4, 0.5) is 0 Å². The normalized spacial score (nSPS) is 13.6. The number of amides is 1. The molecule has 0 radical (unpaired) electrons. The Hall–Kier alpha value is -1.52. The lowest BCUT2D eigenvalue weighted by atomic mass is 10.0. The summed E-state index contributed by atoms with van der Waals surface area (Å²) in [6.45, 7) is 4.16. The van der Waals surface area contributed by atoms with Crippen molar-refractivity contribution in [2.24, 2.45) is 11.7 Å². The number of furan rings is 1. The second-order valence-electron chi connectivity index (χ2n) is 5.09. The van der Waals surface area contributed by atoms with Gasteiger partial charge < -0.3 is 15.1 Å². The predicted molar refractivity (Wildman–Crippen MR) is 82.7 cm³/mol. The zero-order valence-electron chi connectivity index (χ0n) is 12.0. The number of nitrogens with two attached hydrogens (primary N) is 1. The van der Waals surface area contributed by atoms with E-state index in [1.54, 1.807) is 11.9 Å². The summed E-state index contributed by atoms with van der Waals surface area (Å²) in [5.41, 5.74) is 6.60. The highest BCUT2D eigenvalue weighted by atomic mass is 35.5. The Labute approximate surface area is 125 Å². The van der Waals surface area contributed by atoms with Crippen LogP contribution < -0.4 is 5.73 Å². The maximum Gasteiger partial charge on any atom is 0.227 e. The molecule has 1 amide bonds. The van der Waals surface area contributed by atoms with Crippen LogP contribution in [0.25, 0.3) is 11.0 Å². The second-order valence-corrected chi connectivity index (χ2v) is 5.09. The van der Waals surface area contributed by atoms with Gasteiger partial charge in [0.2, 0.25) is 5.91 Å². The van der Waals surface area contributed by atoms with Crippen molar-refractivity contribution in [3.8, 4) is 0 Å². The Morgan fingerprint density at radius 2 is 2.00 bits per heavy atom. The van der Waals surface area contributed by atoms with Crippen LogP contribution in [0, 0.1) is 5.92 Å². The first-order valence-corrected chi connectivity index (χ1v) is 6.47. The van der Waals surface area contributed by atoms with Gasteiger partial charge in [-0.1, -0.05) is 25.1 Å². The minimum Gasteiger partial charge on any atom is -0.459 e. The van der Waals surface area contributed by atoms with Gasteiger partial charge in [-0.05, 0) is 19.1 Å². The van der Waals surface area contributed by atoms with Gasteiger partial charge in [-0.2, -0.15) is 0 Å². The van der Waals surface area contributed by atoms with Crippen molar-refractivity contribution in [3.63, 3.8) is 0 Å². The maximum absolute atomic E-state index is 12.1. The lowest BCUT2D eigenvalue weighted by Crippen LogP contribution is -2.39. The van der Waals surface area contributed by atoms with Crippen molar-refractivity contribution < 1.29 is 9.21 Å². The summed E-state index contributed by atoms with van der Waals surface area (Å²) in [5.74, 6) is 0.638. The third-order valence-electron chi connectivity index (χ3n) is 3.42. The van der Waals surface area contributed by atoms with E-state index in [2.05, 4.69) is 0 Å². The monoisotopic (exact) mass is 296 g/mol. The molecule has 1 aromatic carbocycles. The van der Waals surface area contributed by atoms with Gasteiger partial charge in [-0.15, -0.1) is 12.4 Å². The molecule has 2 unspecified atom stereocenters. The lowest BCUT2D eigenvalue weighted by Gasteiger charge is -2.22. The van der Waals surface area contributed by atoms with Gasteiger partial charge in [0, 0.05) is 18.5 Å². The summed E-state index contributed by atoms with van der Waals surface area (Å²) >= 11 is 0. The van der Waals surface area contributed by atoms with Gasteiger partial charge in [-0.25, -0.2) is 0 Å². The Morgan fingerprint density at radius 3 is 2.60 bits per heavy atom. The fourth-order valence-corrected chi connectivity index (χ4v) is 2.00. The number of benzene rings is 1. The van der Waals surface area contributed by atoms with E-state index >= 15 is 0 Å². The van der Waals surface area contributed by atoms with E-state index in [1.165, 1.54) is 0 Å². The van der Waals surface area contributed by atoms with E-state index < -0.39 is 0 Å². The number of fused-ring (bicyclic) bond motifs is 1. The first kappa shape index (κ1) is 16.5. The molecule has 2 rings (SSSR count). The molecule has 2 N–H and O–H groups in total. The molecule has 0 aliphatic rings. The molecule has 0 saturated heterocycles. The minimum absolute atomic E-state index is 0. The number of hydrogen-bond donors (Lipinski definition) is 1.